The highest BCUT2D eigenvalue weighted by atomic mass is 14.9. The number of piperidine rings is 1. The average Bonchev–Trinajstić information content (AvgIpc) is 2.13. The summed E-state index contributed by atoms with van der Waals surface area (Å²) in [4.78, 5) is 0. The summed E-state index contributed by atoms with van der Waals surface area (Å²) in [6.07, 6.45) is 4.10. The van der Waals surface area contributed by atoms with Crippen LogP contribution in [0.3, 0.4) is 0 Å². The molecule has 2 heteroatoms. The molecule has 84 valence electrons. The molecule has 0 bridgehead atoms. The first-order valence-electron chi connectivity index (χ1n) is 5.99. The third-order valence-corrected chi connectivity index (χ3v) is 2.84. The second-order valence-corrected chi connectivity index (χ2v) is 5.72. The van der Waals surface area contributed by atoms with E-state index in [1.807, 2.05) is 0 Å². The number of hydrogen-bond acceptors (Lipinski definition) is 2. The highest BCUT2D eigenvalue weighted by Gasteiger charge is 2.13. The van der Waals surface area contributed by atoms with Crippen molar-refractivity contribution in [3.8, 4) is 0 Å². The van der Waals surface area contributed by atoms with Crippen molar-refractivity contribution in [2.45, 2.75) is 40.0 Å². The Hall–Kier alpha value is -0.0800. The molecule has 0 aromatic carbocycles. The maximum Gasteiger partial charge on any atom is -0.0000124 e. The van der Waals surface area contributed by atoms with Crippen molar-refractivity contribution in [2.75, 3.05) is 26.2 Å². The van der Waals surface area contributed by atoms with Gasteiger partial charge in [-0.3, -0.25) is 0 Å². The van der Waals surface area contributed by atoms with Crippen molar-refractivity contribution in [1.82, 2.24) is 10.6 Å². The largest absolute Gasteiger partial charge is 0.317 e. The zero-order valence-corrected chi connectivity index (χ0v) is 10.0. The molecule has 14 heavy (non-hydrogen) atoms. The van der Waals surface area contributed by atoms with Crippen LogP contribution in [-0.2, 0) is 0 Å². The van der Waals surface area contributed by atoms with Crippen LogP contribution in [0.5, 0.6) is 0 Å². The molecular weight excluding hydrogens is 172 g/mol. The molecule has 2 nitrogen and oxygen atoms in total. The van der Waals surface area contributed by atoms with Crippen LogP contribution < -0.4 is 10.6 Å². The van der Waals surface area contributed by atoms with Crippen LogP contribution in [-0.4, -0.2) is 26.2 Å². The molecule has 0 aromatic rings. The van der Waals surface area contributed by atoms with Crippen molar-refractivity contribution in [3.63, 3.8) is 0 Å². The van der Waals surface area contributed by atoms with E-state index in [0.717, 1.165) is 12.5 Å². The zero-order chi connectivity index (χ0) is 10.4. The molecule has 2 N–H and O–H groups in total. The predicted octanol–water partition coefficient (Wildman–Crippen LogP) is 2.01. The third-order valence-electron chi connectivity index (χ3n) is 2.84. The average molecular weight is 198 g/mol. The van der Waals surface area contributed by atoms with Crippen LogP contribution in [0.25, 0.3) is 0 Å². The van der Waals surface area contributed by atoms with Gasteiger partial charge in [0.1, 0.15) is 0 Å². The molecule has 1 heterocycles. The summed E-state index contributed by atoms with van der Waals surface area (Å²) in [6.45, 7) is 11.6. The van der Waals surface area contributed by atoms with E-state index in [-0.39, 0.29) is 0 Å². The van der Waals surface area contributed by atoms with E-state index in [4.69, 9.17) is 0 Å². The maximum atomic E-state index is 3.55. The molecule has 1 saturated heterocycles. The van der Waals surface area contributed by atoms with Crippen molar-refractivity contribution in [1.29, 1.82) is 0 Å². The fourth-order valence-corrected chi connectivity index (χ4v) is 1.94. The monoisotopic (exact) mass is 198 g/mol. The topological polar surface area (TPSA) is 24.1 Å². The fourth-order valence-electron chi connectivity index (χ4n) is 1.94. The first kappa shape index (κ1) is 12.0. The van der Waals surface area contributed by atoms with Crippen LogP contribution >= 0.6 is 0 Å². The fraction of sp³-hybridized carbons (Fsp3) is 1.00. The van der Waals surface area contributed by atoms with Crippen molar-refractivity contribution >= 4 is 0 Å². The van der Waals surface area contributed by atoms with Gasteiger partial charge in [0.2, 0.25) is 0 Å². The summed E-state index contributed by atoms with van der Waals surface area (Å²) < 4.78 is 0. The number of rotatable bonds is 4. The Kier molecular flexibility index (Phi) is 4.90. The van der Waals surface area contributed by atoms with Crippen LogP contribution in [0.1, 0.15) is 40.0 Å². The third kappa shape index (κ3) is 5.61. The molecule has 0 spiro atoms. The lowest BCUT2D eigenvalue weighted by molar-refractivity contribution is 0.328. The van der Waals surface area contributed by atoms with E-state index in [1.54, 1.807) is 0 Å². The molecule has 0 radical (unpaired) electrons. The van der Waals surface area contributed by atoms with Gasteiger partial charge in [0.05, 0.1) is 0 Å². The molecule has 0 atom stereocenters. The molecule has 0 amide bonds. The minimum Gasteiger partial charge on any atom is -0.317 e. The molecule has 0 aromatic heterocycles. The first-order valence-corrected chi connectivity index (χ1v) is 5.99. The van der Waals surface area contributed by atoms with Gasteiger partial charge in [-0.1, -0.05) is 20.8 Å². The summed E-state index contributed by atoms with van der Waals surface area (Å²) in [5.41, 5.74) is 0.425. The second-order valence-electron chi connectivity index (χ2n) is 5.72. The molecule has 0 unspecified atom stereocenters. The first-order chi connectivity index (χ1) is 6.58. The lowest BCUT2D eigenvalue weighted by atomic mass is 9.94. The molecule has 1 fully saturated rings. The van der Waals surface area contributed by atoms with Crippen LogP contribution in [0.2, 0.25) is 0 Å². The van der Waals surface area contributed by atoms with Gasteiger partial charge < -0.3 is 10.6 Å². The molecule has 1 aliphatic heterocycles. The second kappa shape index (κ2) is 5.72. The highest BCUT2D eigenvalue weighted by molar-refractivity contribution is 4.70. The summed E-state index contributed by atoms with van der Waals surface area (Å²) in [5.74, 6) is 0.962. The predicted molar refractivity (Wildman–Crippen MR) is 62.5 cm³/mol. The molecular formula is C12H26N2. The van der Waals surface area contributed by atoms with Gasteiger partial charge in [0.25, 0.3) is 0 Å². The summed E-state index contributed by atoms with van der Waals surface area (Å²) in [5, 5.41) is 6.96. The van der Waals surface area contributed by atoms with Crippen LogP contribution in [0, 0.1) is 11.3 Å². The molecule has 0 saturated carbocycles. The quantitative estimate of drug-likeness (QED) is 0.675. The Balaban J connectivity index is 1.97. The van der Waals surface area contributed by atoms with Crippen LogP contribution in [0.15, 0.2) is 0 Å². The number of nitrogens with one attached hydrogen (secondary N) is 2. The van der Waals surface area contributed by atoms with Gasteiger partial charge in [0, 0.05) is 0 Å². The van der Waals surface area contributed by atoms with Gasteiger partial charge in [-0.25, -0.2) is 0 Å². The summed E-state index contributed by atoms with van der Waals surface area (Å²) in [7, 11) is 0. The van der Waals surface area contributed by atoms with Crippen molar-refractivity contribution in [3.05, 3.63) is 0 Å². The van der Waals surface area contributed by atoms with E-state index < -0.39 is 0 Å². The Bertz CT molecular complexity index is 143. The SMILES string of the molecule is CC(C)(C)CNCCC1CCNCC1. The standard InChI is InChI=1S/C12H26N2/c1-12(2,3)10-14-9-6-11-4-7-13-8-5-11/h11,13-14H,4-10H2,1-3H3. The van der Waals surface area contributed by atoms with E-state index in [0.29, 0.717) is 5.41 Å². The summed E-state index contributed by atoms with van der Waals surface area (Å²) in [6, 6.07) is 0. The van der Waals surface area contributed by atoms with Crippen molar-refractivity contribution < 1.29 is 0 Å². The zero-order valence-electron chi connectivity index (χ0n) is 10.0. The lowest BCUT2D eigenvalue weighted by Gasteiger charge is -2.24. The molecule has 1 aliphatic rings. The Morgan fingerprint density at radius 2 is 1.86 bits per heavy atom. The van der Waals surface area contributed by atoms with E-state index in [9.17, 15) is 0 Å². The maximum absolute atomic E-state index is 3.55. The minimum absolute atomic E-state index is 0.425. The summed E-state index contributed by atoms with van der Waals surface area (Å²) >= 11 is 0. The van der Waals surface area contributed by atoms with E-state index >= 15 is 0 Å². The number of hydrogen-bond donors (Lipinski definition) is 2. The van der Waals surface area contributed by atoms with Crippen LogP contribution in [0.4, 0.5) is 0 Å². The Morgan fingerprint density at radius 3 is 2.43 bits per heavy atom. The van der Waals surface area contributed by atoms with Gasteiger partial charge >= 0.3 is 0 Å². The lowest BCUT2D eigenvalue weighted by Crippen LogP contribution is -2.32. The van der Waals surface area contributed by atoms with Gasteiger partial charge in [0.15, 0.2) is 0 Å². The van der Waals surface area contributed by atoms with E-state index in [2.05, 4.69) is 31.4 Å². The van der Waals surface area contributed by atoms with E-state index in [1.165, 1.54) is 38.9 Å². The Labute approximate surface area is 88.8 Å². The van der Waals surface area contributed by atoms with Gasteiger partial charge in [-0.15, -0.1) is 0 Å². The van der Waals surface area contributed by atoms with Crippen molar-refractivity contribution in [2.24, 2.45) is 11.3 Å². The Morgan fingerprint density at radius 1 is 1.21 bits per heavy atom. The normalized spacial score (nSPS) is 19.9. The van der Waals surface area contributed by atoms with Gasteiger partial charge in [-0.2, -0.15) is 0 Å². The smallest absolute Gasteiger partial charge is 0.0000124 e. The highest BCUT2D eigenvalue weighted by Crippen LogP contribution is 2.15. The molecule has 1 rings (SSSR count). The minimum atomic E-state index is 0.425. The molecule has 0 aliphatic carbocycles. The van der Waals surface area contributed by atoms with Gasteiger partial charge in [-0.05, 0) is 56.8 Å².